The third-order valence-electron chi connectivity index (χ3n) is 5.42. The molecule has 0 amide bonds. The summed E-state index contributed by atoms with van der Waals surface area (Å²) in [7, 11) is 1.71. The van der Waals surface area contributed by atoms with E-state index in [-0.39, 0.29) is 5.82 Å². The minimum absolute atomic E-state index is 0.321. The average Bonchev–Trinajstić information content (AvgIpc) is 3.16. The fourth-order valence-corrected chi connectivity index (χ4v) is 3.56. The summed E-state index contributed by atoms with van der Waals surface area (Å²) in [4.78, 5) is 8.76. The van der Waals surface area contributed by atoms with Crippen LogP contribution in [-0.2, 0) is 6.54 Å². The fraction of sp³-hybridized carbons (Fsp3) is 0.385. The SMILES string of the molecule is C=CC(=N\c1c(C)ccn1NCc1cc(F)ccc1Cl)/C(C=NC)=C/C.CC1CCNCC1. The van der Waals surface area contributed by atoms with Gasteiger partial charge in [0.15, 0.2) is 5.82 Å². The molecular formula is C26H35ClFN5. The number of allylic oxidation sites excluding steroid dienone is 3. The van der Waals surface area contributed by atoms with Gasteiger partial charge in [0, 0.05) is 30.1 Å². The number of rotatable bonds is 7. The van der Waals surface area contributed by atoms with Crippen LogP contribution in [0.15, 0.2) is 64.8 Å². The van der Waals surface area contributed by atoms with Gasteiger partial charge in [-0.3, -0.25) is 4.99 Å². The second-order valence-electron chi connectivity index (χ2n) is 8.03. The number of hydrogen-bond acceptors (Lipinski definition) is 4. The van der Waals surface area contributed by atoms with Gasteiger partial charge in [0.2, 0.25) is 0 Å². The molecule has 0 spiro atoms. The maximum absolute atomic E-state index is 13.4. The first-order valence-electron chi connectivity index (χ1n) is 11.3. The zero-order valence-electron chi connectivity index (χ0n) is 20.0. The third kappa shape index (κ3) is 8.30. The molecule has 178 valence electrons. The van der Waals surface area contributed by atoms with Gasteiger partial charge in [-0.25, -0.2) is 14.1 Å². The van der Waals surface area contributed by atoms with E-state index in [4.69, 9.17) is 16.6 Å². The summed E-state index contributed by atoms with van der Waals surface area (Å²) >= 11 is 6.13. The van der Waals surface area contributed by atoms with E-state index < -0.39 is 0 Å². The molecule has 0 bridgehead atoms. The average molecular weight is 472 g/mol. The van der Waals surface area contributed by atoms with Crippen molar-refractivity contribution in [1.29, 1.82) is 0 Å². The maximum atomic E-state index is 13.4. The van der Waals surface area contributed by atoms with Gasteiger partial charge in [-0.15, -0.1) is 0 Å². The Morgan fingerprint density at radius 1 is 1.33 bits per heavy atom. The van der Waals surface area contributed by atoms with Crippen LogP contribution in [0.2, 0.25) is 5.02 Å². The van der Waals surface area contributed by atoms with Gasteiger partial charge >= 0.3 is 0 Å². The first kappa shape index (κ1) is 26.6. The Hall–Kier alpha value is -2.70. The van der Waals surface area contributed by atoms with Crippen molar-refractivity contribution in [3.05, 3.63) is 76.7 Å². The monoisotopic (exact) mass is 471 g/mol. The highest BCUT2D eigenvalue weighted by Gasteiger charge is 2.09. The number of aliphatic imine (C=N–C) groups is 2. The number of nitrogens with one attached hydrogen (secondary N) is 2. The van der Waals surface area contributed by atoms with Gasteiger partial charge in [-0.1, -0.05) is 31.2 Å². The summed E-state index contributed by atoms with van der Waals surface area (Å²) in [5.74, 6) is 1.39. The van der Waals surface area contributed by atoms with Crippen molar-refractivity contribution >= 4 is 29.3 Å². The summed E-state index contributed by atoms with van der Waals surface area (Å²) in [6, 6.07) is 6.25. The van der Waals surface area contributed by atoms with Crippen LogP contribution in [0.25, 0.3) is 0 Å². The highest BCUT2D eigenvalue weighted by molar-refractivity contribution is 6.31. The van der Waals surface area contributed by atoms with Crippen LogP contribution < -0.4 is 10.7 Å². The van der Waals surface area contributed by atoms with Crippen molar-refractivity contribution in [1.82, 2.24) is 9.99 Å². The molecule has 2 heterocycles. The van der Waals surface area contributed by atoms with Crippen LogP contribution in [0.4, 0.5) is 10.2 Å². The van der Waals surface area contributed by atoms with Crippen LogP contribution in [0.3, 0.4) is 0 Å². The van der Waals surface area contributed by atoms with E-state index in [9.17, 15) is 4.39 Å². The Balaban J connectivity index is 0.000000468. The Labute approximate surface area is 202 Å². The minimum Gasteiger partial charge on any atom is -0.320 e. The number of aryl methyl sites for hydroxylation is 1. The normalized spacial score (nSPS) is 15.3. The molecule has 33 heavy (non-hydrogen) atoms. The smallest absolute Gasteiger partial charge is 0.154 e. The van der Waals surface area contributed by atoms with Crippen molar-refractivity contribution in [2.75, 3.05) is 25.6 Å². The maximum Gasteiger partial charge on any atom is 0.154 e. The highest BCUT2D eigenvalue weighted by Crippen LogP contribution is 2.22. The number of halogens is 2. The van der Waals surface area contributed by atoms with Gasteiger partial charge in [0.25, 0.3) is 0 Å². The summed E-state index contributed by atoms with van der Waals surface area (Å²) < 4.78 is 15.2. The molecule has 0 atom stereocenters. The molecule has 1 aliphatic heterocycles. The fourth-order valence-electron chi connectivity index (χ4n) is 3.38. The Morgan fingerprint density at radius 3 is 2.64 bits per heavy atom. The summed E-state index contributed by atoms with van der Waals surface area (Å²) in [5, 5.41) is 3.82. The molecule has 0 radical (unpaired) electrons. The van der Waals surface area contributed by atoms with Crippen molar-refractivity contribution < 1.29 is 4.39 Å². The molecule has 1 saturated heterocycles. The van der Waals surface area contributed by atoms with E-state index in [0.717, 1.165) is 22.9 Å². The topological polar surface area (TPSA) is 53.7 Å². The van der Waals surface area contributed by atoms with E-state index in [0.29, 0.717) is 22.8 Å². The quantitative estimate of drug-likeness (QED) is 0.469. The summed E-state index contributed by atoms with van der Waals surface area (Å²) in [6.07, 6.45) is 9.97. The predicted molar refractivity (Wildman–Crippen MR) is 140 cm³/mol. The molecule has 2 aromatic rings. The van der Waals surface area contributed by atoms with E-state index in [1.54, 1.807) is 30.1 Å². The lowest BCUT2D eigenvalue weighted by molar-refractivity contribution is 0.402. The number of benzene rings is 1. The lowest BCUT2D eigenvalue weighted by Gasteiger charge is -2.17. The molecular weight excluding hydrogens is 437 g/mol. The second-order valence-corrected chi connectivity index (χ2v) is 8.44. The van der Waals surface area contributed by atoms with Crippen molar-refractivity contribution in [3.8, 4) is 0 Å². The Morgan fingerprint density at radius 2 is 2.06 bits per heavy atom. The standard InChI is InChI=1S/C20H22ClFN4.C6H13N/c1-5-15(12-23-4)19(6-2)25-20-14(3)9-10-26(20)24-13-16-11-17(22)7-8-18(16)21;1-6-2-4-7-5-3-6/h5-12,24H,2,13H2,1,3-4H3;6-7H,2-5H2,1H3/b15-5+,23-12?,25-19+;. The second kappa shape index (κ2) is 13.8. The summed E-state index contributed by atoms with van der Waals surface area (Å²) in [6.45, 7) is 12.9. The molecule has 7 heteroatoms. The van der Waals surface area contributed by atoms with Crippen LogP contribution >= 0.6 is 11.6 Å². The molecule has 0 saturated carbocycles. The van der Waals surface area contributed by atoms with Gasteiger partial charge in [0.05, 0.1) is 12.3 Å². The van der Waals surface area contributed by atoms with Crippen LogP contribution in [0.1, 0.15) is 37.8 Å². The van der Waals surface area contributed by atoms with Crippen molar-refractivity contribution in [2.45, 2.75) is 40.2 Å². The summed E-state index contributed by atoms with van der Waals surface area (Å²) in [5.41, 5.74) is 6.46. The molecule has 1 fully saturated rings. The van der Waals surface area contributed by atoms with Crippen LogP contribution in [0.5, 0.6) is 0 Å². The number of hydrogen-bond donors (Lipinski definition) is 2. The molecule has 0 aliphatic carbocycles. The van der Waals surface area contributed by atoms with Gasteiger partial charge in [0.1, 0.15) is 5.82 Å². The third-order valence-corrected chi connectivity index (χ3v) is 5.79. The van der Waals surface area contributed by atoms with Gasteiger partial charge in [-0.2, -0.15) is 0 Å². The Kier molecular flexibility index (Phi) is 11.1. The molecule has 2 N–H and O–H groups in total. The number of nitrogens with zero attached hydrogens (tertiary/aromatic N) is 3. The largest absolute Gasteiger partial charge is 0.320 e. The number of aromatic nitrogens is 1. The van der Waals surface area contributed by atoms with E-state index in [1.807, 2.05) is 32.2 Å². The van der Waals surface area contributed by atoms with E-state index in [2.05, 4.69) is 29.2 Å². The molecule has 5 nitrogen and oxygen atoms in total. The lowest BCUT2D eigenvalue weighted by atomic mass is 10.0. The molecule has 1 aromatic carbocycles. The first-order valence-corrected chi connectivity index (χ1v) is 11.6. The zero-order valence-corrected chi connectivity index (χ0v) is 20.8. The van der Waals surface area contributed by atoms with Gasteiger partial charge < -0.3 is 10.7 Å². The highest BCUT2D eigenvalue weighted by atomic mass is 35.5. The molecule has 0 unspecified atom stereocenters. The van der Waals surface area contributed by atoms with E-state index in [1.165, 1.54) is 38.1 Å². The number of piperidine rings is 1. The Bertz CT molecular complexity index is 1000. The van der Waals surface area contributed by atoms with Gasteiger partial charge in [-0.05, 0) is 87.2 Å². The van der Waals surface area contributed by atoms with Crippen molar-refractivity contribution in [3.63, 3.8) is 0 Å². The molecule has 1 aliphatic rings. The van der Waals surface area contributed by atoms with Crippen LogP contribution in [-0.4, -0.2) is 36.7 Å². The van der Waals surface area contributed by atoms with E-state index >= 15 is 0 Å². The van der Waals surface area contributed by atoms with Crippen LogP contribution in [0, 0.1) is 18.7 Å². The lowest BCUT2D eigenvalue weighted by Crippen LogP contribution is -2.26. The van der Waals surface area contributed by atoms with Crippen molar-refractivity contribution in [2.24, 2.45) is 15.9 Å². The zero-order chi connectivity index (χ0) is 24.2. The first-order chi connectivity index (χ1) is 15.9. The predicted octanol–water partition coefficient (Wildman–Crippen LogP) is 6.24. The molecule has 1 aromatic heterocycles. The minimum atomic E-state index is -0.321. The molecule has 3 rings (SSSR count).